The van der Waals surface area contributed by atoms with Gasteiger partial charge in [-0.05, 0) is 26.0 Å². The molecule has 2 atom stereocenters. The number of amides is 1. The Morgan fingerprint density at radius 3 is 2.80 bits per heavy atom. The van der Waals surface area contributed by atoms with Crippen molar-refractivity contribution in [2.24, 2.45) is 0 Å². The summed E-state index contributed by atoms with van der Waals surface area (Å²) in [4.78, 5) is 14.3. The Morgan fingerprint density at radius 1 is 1.35 bits per heavy atom. The van der Waals surface area contributed by atoms with Crippen LogP contribution in [0.25, 0.3) is 11.0 Å². The fraction of sp³-hybridized carbons (Fsp3) is 0.467. The first-order valence-corrected chi connectivity index (χ1v) is 7.00. The van der Waals surface area contributed by atoms with Crippen LogP contribution < -0.4 is 5.32 Å². The van der Waals surface area contributed by atoms with Gasteiger partial charge in [0.05, 0.1) is 6.42 Å². The van der Waals surface area contributed by atoms with Crippen LogP contribution in [0.5, 0.6) is 0 Å². The lowest BCUT2D eigenvalue weighted by molar-refractivity contribution is -0.132. The first-order chi connectivity index (χ1) is 9.63. The standard InChI is InChI=1S/C15H19N3O2/c1-10-8-18(9-11(2)16-10)15(19)7-13-12-5-3-4-6-14(12)20-17-13/h3-6,10-11,16H,7-9H2,1-2H3. The Balaban J connectivity index is 1.75. The van der Waals surface area contributed by atoms with Gasteiger partial charge in [0.25, 0.3) is 0 Å². The topological polar surface area (TPSA) is 58.4 Å². The van der Waals surface area contributed by atoms with Gasteiger partial charge >= 0.3 is 0 Å². The SMILES string of the molecule is CC1CN(C(=O)Cc2noc3ccccc23)CC(C)N1. The van der Waals surface area contributed by atoms with Crippen molar-refractivity contribution in [3.05, 3.63) is 30.0 Å². The molecule has 106 valence electrons. The Bertz CT molecular complexity index is 612. The molecule has 2 aromatic rings. The van der Waals surface area contributed by atoms with Crippen LogP contribution in [-0.4, -0.2) is 41.1 Å². The molecule has 0 saturated carbocycles. The smallest absolute Gasteiger partial charge is 0.228 e. The van der Waals surface area contributed by atoms with Crippen LogP contribution in [0.3, 0.4) is 0 Å². The van der Waals surface area contributed by atoms with E-state index in [9.17, 15) is 4.79 Å². The predicted molar refractivity (Wildman–Crippen MR) is 76.4 cm³/mol. The van der Waals surface area contributed by atoms with Gasteiger partial charge < -0.3 is 14.7 Å². The highest BCUT2D eigenvalue weighted by atomic mass is 16.5. The Hall–Kier alpha value is -1.88. The number of hydrogen-bond donors (Lipinski definition) is 1. The van der Waals surface area contributed by atoms with Crippen LogP contribution in [-0.2, 0) is 11.2 Å². The molecule has 1 aromatic carbocycles. The van der Waals surface area contributed by atoms with Gasteiger partial charge in [0.15, 0.2) is 5.58 Å². The van der Waals surface area contributed by atoms with Gasteiger partial charge in [-0.15, -0.1) is 0 Å². The third kappa shape index (κ3) is 2.54. The summed E-state index contributed by atoms with van der Waals surface area (Å²) in [7, 11) is 0. The summed E-state index contributed by atoms with van der Waals surface area (Å²) in [5.41, 5.74) is 1.46. The summed E-state index contributed by atoms with van der Waals surface area (Å²) in [5.74, 6) is 0.115. The highest BCUT2D eigenvalue weighted by Gasteiger charge is 2.25. The van der Waals surface area contributed by atoms with Gasteiger partial charge in [-0.3, -0.25) is 4.79 Å². The average molecular weight is 273 g/mol. The van der Waals surface area contributed by atoms with Crippen molar-refractivity contribution in [1.29, 1.82) is 0 Å². The molecule has 1 fully saturated rings. The van der Waals surface area contributed by atoms with Crippen LogP contribution in [0.1, 0.15) is 19.5 Å². The highest BCUT2D eigenvalue weighted by molar-refractivity contribution is 5.86. The molecule has 2 heterocycles. The number of piperazine rings is 1. The zero-order chi connectivity index (χ0) is 14.1. The van der Waals surface area contributed by atoms with Crippen molar-refractivity contribution in [1.82, 2.24) is 15.4 Å². The third-order valence-corrected chi connectivity index (χ3v) is 3.68. The number of aromatic nitrogens is 1. The second-order valence-electron chi connectivity index (χ2n) is 5.57. The van der Waals surface area contributed by atoms with Crippen molar-refractivity contribution >= 4 is 16.9 Å². The van der Waals surface area contributed by atoms with Crippen molar-refractivity contribution in [2.75, 3.05) is 13.1 Å². The van der Waals surface area contributed by atoms with E-state index in [1.807, 2.05) is 29.2 Å². The molecule has 20 heavy (non-hydrogen) atoms. The van der Waals surface area contributed by atoms with Crippen molar-refractivity contribution < 1.29 is 9.32 Å². The van der Waals surface area contributed by atoms with Gasteiger partial charge in [-0.1, -0.05) is 17.3 Å². The summed E-state index contributed by atoms with van der Waals surface area (Å²) < 4.78 is 5.25. The molecule has 1 N–H and O–H groups in total. The lowest BCUT2D eigenvalue weighted by Gasteiger charge is -2.36. The molecular weight excluding hydrogens is 254 g/mol. The van der Waals surface area contributed by atoms with Crippen molar-refractivity contribution in [3.8, 4) is 0 Å². The monoisotopic (exact) mass is 273 g/mol. The Kier molecular flexibility index (Phi) is 3.44. The van der Waals surface area contributed by atoms with E-state index in [4.69, 9.17) is 4.52 Å². The number of rotatable bonds is 2. The summed E-state index contributed by atoms with van der Waals surface area (Å²) in [5, 5.41) is 8.38. The van der Waals surface area contributed by atoms with Crippen LogP contribution in [0.2, 0.25) is 0 Å². The van der Waals surface area contributed by atoms with E-state index in [0.29, 0.717) is 18.5 Å². The van der Waals surface area contributed by atoms with Crippen LogP contribution in [0.4, 0.5) is 0 Å². The molecule has 0 bridgehead atoms. The van der Waals surface area contributed by atoms with Gasteiger partial charge in [0.1, 0.15) is 5.69 Å². The van der Waals surface area contributed by atoms with Gasteiger partial charge in [0.2, 0.25) is 5.91 Å². The molecule has 1 aliphatic rings. The molecular formula is C15H19N3O2. The summed E-state index contributed by atoms with van der Waals surface area (Å²) >= 11 is 0. The van der Waals surface area contributed by atoms with E-state index in [0.717, 1.165) is 29.8 Å². The number of para-hydroxylation sites is 1. The Morgan fingerprint density at radius 2 is 2.05 bits per heavy atom. The maximum atomic E-state index is 12.4. The molecule has 1 aliphatic heterocycles. The molecule has 0 radical (unpaired) electrons. The molecule has 3 rings (SSSR count). The minimum atomic E-state index is 0.115. The first kappa shape index (κ1) is 13.1. The van der Waals surface area contributed by atoms with Gasteiger partial charge in [0, 0.05) is 30.6 Å². The second-order valence-corrected chi connectivity index (χ2v) is 5.57. The number of carbonyl (C=O) groups is 1. The third-order valence-electron chi connectivity index (χ3n) is 3.68. The van der Waals surface area contributed by atoms with Gasteiger partial charge in [-0.2, -0.15) is 0 Å². The van der Waals surface area contributed by atoms with E-state index in [1.165, 1.54) is 0 Å². The number of carbonyl (C=O) groups excluding carboxylic acids is 1. The number of hydrogen-bond acceptors (Lipinski definition) is 4. The number of benzene rings is 1. The van der Waals surface area contributed by atoms with E-state index in [-0.39, 0.29) is 5.91 Å². The molecule has 5 nitrogen and oxygen atoms in total. The van der Waals surface area contributed by atoms with E-state index >= 15 is 0 Å². The van der Waals surface area contributed by atoms with Crippen LogP contribution in [0, 0.1) is 0 Å². The molecule has 1 saturated heterocycles. The lowest BCUT2D eigenvalue weighted by Crippen LogP contribution is -2.56. The molecule has 5 heteroatoms. The summed E-state index contributed by atoms with van der Waals surface area (Å²) in [6.45, 7) is 5.70. The predicted octanol–water partition coefficient (Wildman–Crippen LogP) is 1.58. The quantitative estimate of drug-likeness (QED) is 0.902. The first-order valence-electron chi connectivity index (χ1n) is 7.00. The van der Waals surface area contributed by atoms with E-state index in [1.54, 1.807) is 0 Å². The zero-order valence-corrected chi connectivity index (χ0v) is 11.8. The number of fused-ring (bicyclic) bond motifs is 1. The van der Waals surface area contributed by atoms with Crippen LogP contribution in [0.15, 0.2) is 28.8 Å². The summed E-state index contributed by atoms with van der Waals surface area (Å²) in [6.07, 6.45) is 0.302. The van der Waals surface area contributed by atoms with Crippen LogP contribution >= 0.6 is 0 Å². The van der Waals surface area contributed by atoms with Crippen molar-refractivity contribution in [3.63, 3.8) is 0 Å². The molecule has 1 amide bonds. The number of nitrogens with zero attached hydrogens (tertiary/aromatic N) is 2. The minimum absolute atomic E-state index is 0.115. The second kappa shape index (κ2) is 5.25. The fourth-order valence-electron chi connectivity index (χ4n) is 2.85. The lowest BCUT2D eigenvalue weighted by atomic mass is 10.1. The van der Waals surface area contributed by atoms with Gasteiger partial charge in [-0.25, -0.2) is 0 Å². The maximum absolute atomic E-state index is 12.4. The molecule has 0 aliphatic carbocycles. The van der Waals surface area contributed by atoms with E-state index in [2.05, 4.69) is 24.3 Å². The highest BCUT2D eigenvalue weighted by Crippen LogP contribution is 2.19. The fourth-order valence-corrected chi connectivity index (χ4v) is 2.85. The zero-order valence-electron chi connectivity index (χ0n) is 11.8. The minimum Gasteiger partial charge on any atom is -0.356 e. The molecule has 2 unspecified atom stereocenters. The summed E-state index contributed by atoms with van der Waals surface area (Å²) in [6, 6.07) is 8.30. The largest absolute Gasteiger partial charge is 0.356 e. The molecule has 0 spiro atoms. The normalized spacial score (nSPS) is 23.2. The van der Waals surface area contributed by atoms with E-state index < -0.39 is 0 Å². The maximum Gasteiger partial charge on any atom is 0.228 e. The average Bonchev–Trinajstić information content (AvgIpc) is 2.81. The molecule has 1 aromatic heterocycles. The Labute approximate surface area is 117 Å². The van der Waals surface area contributed by atoms with Crippen molar-refractivity contribution in [2.45, 2.75) is 32.4 Å². The number of nitrogens with one attached hydrogen (secondary N) is 1.